The van der Waals surface area contributed by atoms with Crippen LogP contribution in [-0.4, -0.2) is 28.5 Å². The van der Waals surface area contributed by atoms with Crippen LogP contribution in [0.15, 0.2) is 5.38 Å². The lowest BCUT2D eigenvalue weighted by Crippen LogP contribution is -2.29. The molecule has 1 aromatic rings. The van der Waals surface area contributed by atoms with Gasteiger partial charge < -0.3 is 10.4 Å². The Balaban J connectivity index is 2.54. The number of carbonyl (C=O) groups is 2. The second-order valence-electron chi connectivity index (χ2n) is 2.33. The zero-order valence-electron chi connectivity index (χ0n) is 6.90. The first-order valence-corrected chi connectivity index (χ1v) is 4.39. The molecule has 5 nitrogen and oxygen atoms in total. The van der Waals surface area contributed by atoms with E-state index in [0.29, 0.717) is 0 Å². The molecule has 0 bridgehead atoms. The van der Waals surface area contributed by atoms with E-state index < -0.39 is 11.9 Å². The molecule has 0 fully saturated rings. The van der Waals surface area contributed by atoms with Crippen LogP contribution in [0.25, 0.3) is 0 Å². The van der Waals surface area contributed by atoms with E-state index in [-0.39, 0.29) is 12.2 Å². The minimum atomic E-state index is -1.07. The van der Waals surface area contributed by atoms with Crippen LogP contribution in [0.1, 0.15) is 15.5 Å². The maximum atomic E-state index is 11.1. The van der Waals surface area contributed by atoms with Crippen molar-refractivity contribution in [3.05, 3.63) is 16.1 Å². The molecule has 0 radical (unpaired) electrons. The Hall–Kier alpha value is -1.43. The third-order valence-corrected chi connectivity index (χ3v) is 2.03. The fourth-order valence-corrected chi connectivity index (χ4v) is 1.31. The smallest absolute Gasteiger partial charge is 0.322 e. The number of aryl methyl sites for hydroxylation is 1. The Morgan fingerprint density at radius 1 is 1.69 bits per heavy atom. The minimum absolute atomic E-state index is 0.267. The predicted molar refractivity (Wildman–Crippen MR) is 46.8 cm³/mol. The summed E-state index contributed by atoms with van der Waals surface area (Å²) in [6, 6.07) is 0. The zero-order chi connectivity index (χ0) is 9.84. The van der Waals surface area contributed by atoms with E-state index in [1.54, 1.807) is 12.3 Å². The van der Waals surface area contributed by atoms with Crippen LogP contribution in [0.2, 0.25) is 0 Å². The second kappa shape index (κ2) is 3.99. The molecule has 0 spiro atoms. The monoisotopic (exact) mass is 200 g/mol. The van der Waals surface area contributed by atoms with Gasteiger partial charge in [0.25, 0.3) is 5.91 Å². The highest BCUT2D eigenvalue weighted by Crippen LogP contribution is 2.07. The molecule has 0 saturated carbocycles. The minimum Gasteiger partial charge on any atom is -0.480 e. The van der Waals surface area contributed by atoms with Crippen LogP contribution in [0.4, 0.5) is 0 Å². The van der Waals surface area contributed by atoms with Gasteiger partial charge in [0.05, 0.1) is 5.01 Å². The summed E-state index contributed by atoms with van der Waals surface area (Å²) < 4.78 is 0. The van der Waals surface area contributed by atoms with E-state index in [1.807, 2.05) is 0 Å². The molecule has 1 aromatic heterocycles. The van der Waals surface area contributed by atoms with Gasteiger partial charge in [-0.05, 0) is 6.92 Å². The molecule has 0 aliphatic rings. The number of hydrogen-bond donors (Lipinski definition) is 2. The average Bonchev–Trinajstić information content (AvgIpc) is 2.47. The zero-order valence-corrected chi connectivity index (χ0v) is 7.72. The number of aromatic nitrogens is 1. The van der Waals surface area contributed by atoms with Gasteiger partial charge in [0.15, 0.2) is 0 Å². The molecule has 1 amide bonds. The average molecular weight is 200 g/mol. The van der Waals surface area contributed by atoms with Gasteiger partial charge in [0.2, 0.25) is 0 Å². The number of amides is 1. The molecule has 0 unspecified atom stereocenters. The lowest BCUT2D eigenvalue weighted by molar-refractivity contribution is -0.135. The van der Waals surface area contributed by atoms with Gasteiger partial charge >= 0.3 is 5.97 Å². The van der Waals surface area contributed by atoms with Gasteiger partial charge in [-0.15, -0.1) is 11.3 Å². The van der Waals surface area contributed by atoms with Crippen molar-refractivity contribution in [3.63, 3.8) is 0 Å². The first kappa shape index (κ1) is 9.66. The lowest BCUT2D eigenvalue weighted by Gasteiger charge is -1.97. The van der Waals surface area contributed by atoms with E-state index in [9.17, 15) is 9.59 Å². The molecular formula is C7H8N2O3S. The van der Waals surface area contributed by atoms with E-state index in [2.05, 4.69) is 10.3 Å². The molecule has 0 aliphatic carbocycles. The first-order chi connectivity index (χ1) is 6.09. The number of carboxylic acids is 1. The number of nitrogens with zero attached hydrogens (tertiary/aromatic N) is 1. The first-order valence-electron chi connectivity index (χ1n) is 3.51. The molecule has 13 heavy (non-hydrogen) atoms. The van der Waals surface area contributed by atoms with Crippen molar-refractivity contribution in [2.24, 2.45) is 0 Å². The van der Waals surface area contributed by atoms with Crippen molar-refractivity contribution in [1.29, 1.82) is 0 Å². The predicted octanol–water partition coefficient (Wildman–Crippen LogP) is 0.266. The third-order valence-electron chi connectivity index (χ3n) is 1.25. The Morgan fingerprint density at radius 3 is 2.85 bits per heavy atom. The number of carboxylic acid groups (broad SMARTS) is 1. The standard InChI is InChI=1S/C7H8N2O3S/c1-4-9-5(3-13-4)7(12)8-2-6(10)11/h3H,2H2,1H3,(H,8,12)(H,10,11). The summed E-state index contributed by atoms with van der Waals surface area (Å²) in [4.78, 5) is 25.1. The van der Waals surface area contributed by atoms with Gasteiger partial charge in [-0.25, -0.2) is 4.98 Å². The molecule has 70 valence electrons. The van der Waals surface area contributed by atoms with Gasteiger partial charge in [-0.1, -0.05) is 0 Å². The second-order valence-corrected chi connectivity index (χ2v) is 3.39. The molecule has 6 heteroatoms. The highest BCUT2D eigenvalue weighted by atomic mass is 32.1. The largest absolute Gasteiger partial charge is 0.480 e. The quantitative estimate of drug-likeness (QED) is 0.733. The number of hydrogen-bond acceptors (Lipinski definition) is 4. The SMILES string of the molecule is Cc1nc(C(=O)NCC(=O)O)cs1. The van der Waals surface area contributed by atoms with Crippen LogP contribution in [0.3, 0.4) is 0 Å². The van der Waals surface area contributed by atoms with Gasteiger partial charge in [0.1, 0.15) is 12.2 Å². The highest BCUT2D eigenvalue weighted by Gasteiger charge is 2.09. The van der Waals surface area contributed by atoms with Gasteiger partial charge in [-0.2, -0.15) is 0 Å². The highest BCUT2D eigenvalue weighted by molar-refractivity contribution is 7.09. The fourth-order valence-electron chi connectivity index (χ4n) is 0.714. The van der Waals surface area contributed by atoms with E-state index in [4.69, 9.17) is 5.11 Å². The van der Waals surface area contributed by atoms with Crippen LogP contribution < -0.4 is 5.32 Å². The number of rotatable bonds is 3. The summed E-state index contributed by atoms with van der Waals surface area (Å²) >= 11 is 1.35. The molecule has 0 aliphatic heterocycles. The third kappa shape index (κ3) is 2.83. The Morgan fingerprint density at radius 2 is 2.38 bits per heavy atom. The van der Waals surface area contributed by atoms with E-state index in [1.165, 1.54) is 11.3 Å². The Bertz CT molecular complexity index is 334. The van der Waals surface area contributed by atoms with Crippen molar-refractivity contribution in [1.82, 2.24) is 10.3 Å². The van der Waals surface area contributed by atoms with Crippen molar-refractivity contribution in [2.45, 2.75) is 6.92 Å². The maximum Gasteiger partial charge on any atom is 0.322 e. The number of thiazole rings is 1. The van der Waals surface area contributed by atoms with Crippen LogP contribution in [0.5, 0.6) is 0 Å². The number of carbonyl (C=O) groups excluding carboxylic acids is 1. The van der Waals surface area contributed by atoms with Crippen LogP contribution in [0, 0.1) is 6.92 Å². The summed E-state index contributed by atoms with van der Waals surface area (Å²) in [5.74, 6) is -1.52. The summed E-state index contributed by atoms with van der Waals surface area (Å²) in [5, 5.41) is 12.9. The Kier molecular flexibility index (Phi) is 2.97. The maximum absolute atomic E-state index is 11.1. The summed E-state index contributed by atoms with van der Waals surface area (Å²) in [6.07, 6.45) is 0. The number of nitrogens with one attached hydrogen (secondary N) is 1. The molecule has 2 N–H and O–H groups in total. The summed E-state index contributed by atoms with van der Waals surface area (Å²) in [5.41, 5.74) is 0.267. The Labute approximate surface area is 78.4 Å². The van der Waals surface area contributed by atoms with Crippen LogP contribution in [-0.2, 0) is 4.79 Å². The van der Waals surface area contributed by atoms with E-state index in [0.717, 1.165) is 5.01 Å². The molecular weight excluding hydrogens is 192 g/mol. The van der Waals surface area contributed by atoms with Gasteiger partial charge in [-0.3, -0.25) is 9.59 Å². The molecule has 1 rings (SSSR count). The lowest BCUT2D eigenvalue weighted by atomic mass is 10.4. The van der Waals surface area contributed by atoms with Crippen molar-refractivity contribution in [3.8, 4) is 0 Å². The normalized spacial score (nSPS) is 9.62. The van der Waals surface area contributed by atoms with Crippen molar-refractivity contribution < 1.29 is 14.7 Å². The fraction of sp³-hybridized carbons (Fsp3) is 0.286. The molecule has 0 aromatic carbocycles. The van der Waals surface area contributed by atoms with Crippen molar-refractivity contribution in [2.75, 3.05) is 6.54 Å². The van der Waals surface area contributed by atoms with Gasteiger partial charge in [0, 0.05) is 5.38 Å². The molecule has 0 saturated heterocycles. The topological polar surface area (TPSA) is 79.3 Å². The number of aliphatic carboxylic acids is 1. The van der Waals surface area contributed by atoms with Crippen LogP contribution >= 0.6 is 11.3 Å². The van der Waals surface area contributed by atoms with E-state index >= 15 is 0 Å². The summed E-state index contributed by atoms with van der Waals surface area (Å²) in [6.45, 7) is 1.40. The molecule has 1 heterocycles. The summed E-state index contributed by atoms with van der Waals surface area (Å²) in [7, 11) is 0. The molecule has 0 atom stereocenters. The van der Waals surface area contributed by atoms with Crippen molar-refractivity contribution >= 4 is 23.2 Å².